The molecule has 1 fully saturated rings. The molecule has 0 radical (unpaired) electrons. The number of carbonyl (C=O) groups is 1. The van der Waals surface area contributed by atoms with Crippen molar-refractivity contribution in [2.45, 2.75) is 39.3 Å². The van der Waals surface area contributed by atoms with Gasteiger partial charge in [-0.05, 0) is 26.7 Å². The highest BCUT2D eigenvalue weighted by Gasteiger charge is 2.32. The highest BCUT2D eigenvalue weighted by atomic mass is 16.1. The molecule has 0 aromatic carbocycles. The summed E-state index contributed by atoms with van der Waals surface area (Å²) in [6, 6.07) is -0.251. The average molecular weight is 237 g/mol. The van der Waals surface area contributed by atoms with Crippen LogP contribution in [-0.4, -0.2) is 28.3 Å². The molecule has 1 aromatic rings. The third-order valence-corrected chi connectivity index (χ3v) is 3.30. The number of nitrogens with zero attached hydrogens (tertiary/aromatic N) is 3. The second-order valence-electron chi connectivity index (χ2n) is 4.39. The monoisotopic (exact) mass is 237 g/mol. The van der Waals surface area contributed by atoms with E-state index in [0.29, 0.717) is 5.69 Å². The predicted molar refractivity (Wildman–Crippen MR) is 66.6 cm³/mol. The highest BCUT2D eigenvalue weighted by molar-refractivity contribution is 5.85. The number of hydrogen-bond donors (Lipinski definition) is 2. The Hall–Kier alpha value is -1.72. The first-order valence-electron chi connectivity index (χ1n) is 5.95. The summed E-state index contributed by atoms with van der Waals surface area (Å²) in [5.74, 6) is 0.551. The first kappa shape index (κ1) is 11.8. The van der Waals surface area contributed by atoms with Gasteiger partial charge in [-0.15, -0.1) is 0 Å². The second-order valence-corrected chi connectivity index (χ2v) is 4.39. The number of amides is 1. The Morgan fingerprint density at radius 2 is 2.29 bits per heavy atom. The molecule has 1 atom stereocenters. The van der Waals surface area contributed by atoms with Crippen molar-refractivity contribution in [2.24, 2.45) is 5.73 Å². The standard InChI is InChI=1S/C11H19N5O/c1-3-16-11(9(12)7(2)14-16)15-6-4-5-8(15)10(13)17/h8H,3-6,12H2,1-2H3,(H2,13,17). The number of nitrogens with two attached hydrogens (primary N) is 2. The fourth-order valence-electron chi connectivity index (χ4n) is 2.42. The molecule has 6 heteroatoms. The normalized spacial score (nSPS) is 19.9. The molecular formula is C11H19N5O. The fourth-order valence-corrected chi connectivity index (χ4v) is 2.42. The van der Waals surface area contributed by atoms with Crippen LogP contribution in [0.15, 0.2) is 0 Å². The Morgan fingerprint density at radius 1 is 1.59 bits per heavy atom. The predicted octanol–water partition coefficient (Wildman–Crippen LogP) is 0.248. The van der Waals surface area contributed by atoms with E-state index in [2.05, 4.69) is 5.10 Å². The molecule has 0 saturated carbocycles. The molecule has 1 unspecified atom stereocenters. The van der Waals surface area contributed by atoms with Crippen LogP contribution in [0, 0.1) is 6.92 Å². The molecule has 0 aliphatic carbocycles. The molecule has 2 rings (SSSR count). The van der Waals surface area contributed by atoms with Crippen LogP contribution in [0.25, 0.3) is 0 Å². The van der Waals surface area contributed by atoms with Gasteiger partial charge in [-0.3, -0.25) is 4.79 Å². The molecule has 0 spiro atoms. The van der Waals surface area contributed by atoms with E-state index < -0.39 is 0 Å². The number of nitrogen functional groups attached to an aromatic ring is 1. The highest BCUT2D eigenvalue weighted by Crippen LogP contribution is 2.32. The first-order valence-corrected chi connectivity index (χ1v) is 5.95. The van der Waals surface area contributed by atoms with E-state index in [0.717, 1.165) is 37.4 Å². The van der Waals surface area contributed by atoms with Gasteiger partial charge in [0.05, 0.1) is 11.4 Å². The molecule has 94 valence electrons. The lowest BCUT2D eigenvalue weighted by Crippen LogP contribution is -2.41. The molecule has 6 nitrogen and oxygen atoms in total. The molecule has 17 heavy (non-hydrogen) atoms. The Labute approximate surface area is 101 Å². The number of aryl methyl sites for hydroxylation is 2. The van der Waals surface area contributed by atoms with Crippen LogP contribution < -0.4 is 16.4 Å². The van der Waals surface area contributed by atoms with E-state index in [1.54, 1.807) is 0 Å². The van der Waals surface area contributed by atoms with Gasteiger partial charge in [0.1, 0.15) is 6.04 Å². The van der Waals surface area contributed by atoms with Crippen LogP contribution >= 0.6 is 0 Å². The number of hydrogen-bond acceptors (Lipinski definition) is 4. The smallest absolute Gasteiger partial charge is 0.240 e. The zero-order valence-corrected chi connectivity index (χ0v) is 10.3. The van der Waals surface area contributed by atoms with Gasteiger partial charge < -0.3 is 16.4 Å². The maximum Gasteiger partial charge on any atom is 0.240 e. The summed E-state index contributed by atoms with van der Waals surface area (Å²) < 4.78 is 1.84. The topological polar surface area (TPSA) is 90.2 Å². The van der Waals surface area contributed by atoms with Crippen molar-refractivity contribution >= 4 is 17.4 Å². The van der Waals surface area contributed by atoms with Gasteiger partial charge in [-0.25, -0.2) is 4.68 Å². The van der Waals surface area contributed by atoms with Crippen LogP contribution in [0.4, 0.5) is 11.5 Å². The van der Waals surface area contributed by atoms with Gasteiger partial charge in [0.15, 0.2) is 5.82 Å². The SMILES string of the molecule is CCn1nc(C)c(N)c1N1CCCC1C(N)=O. The fraction of sp³-hybridized carbons (Fsp3) is 0.636. The summed E-state index contributed by atoms with van der Waals surface area (Å²) in [4.78, 5) is 13.4. The summed E-state index contributed by atoms with van der Waals surface area (Å²) >= 11 is 0. The van der Waals surface area contributed by atoms with E-state index in [1.165, 1.54) is 0 Å². The average Bonchev–Trinajstić information content (AvgIpc) is 2.85. The summed E-state index contributed by atoms with van der Waals surface area (Å²) in [6.45, 7) is 5.42. The number of carbonyl (C=O) groups excluding carboxylic acids is 1. The van der Waals surface area contributed by atoms with Crippen LogP contribution in [0.5, 0.6) is 0 Å². The van der Waals surface area contributed by atoms with Gasteiger partial charge in [0, 0.05) is 13.1 Å². The van der Waals surface area contributed by atoms with Gasteiger partial charge in [0.2, 0.25) is 5.91 Å². The maximum absolute atomic E-state index is 11.4. The van der Waals surface area contributed by atoms with Crippen molar-refractivity contribution in [3.63, 3.8) is 0 Å². The van der Waals surface area contributed by atoms with Crippen LogP contribution in [0.3, 0.4) is 0 Å². The Morgan fingerprint density at radius 3 is 2.88 bits per heavy atom. The molecular weight excluding hydrogens is 218 g/mol. The number of aromatic nitrogens is 2. The van der Waals surface area contributed by atoms with E-state index in [9.17, 15) is 4.79 Å². The van der Waals surface area contributed by atoms with E-state index in [4.69, 9.17) is 11.5 Å². The third kappa shape index (κ3) is 1.83. The van der Waals surface area contributed by atoms with Crippen molar-refractivity contribution in [1.82, 2.24) is 9.78 Å². The zero-order valence-electron chi connectivity index (χ0n) is 10.3. The van der Waals surface area contributed by atoms with Crippen molar-refractivity contribution in [3.05, 3.63) is 5.69 Å². The van der Waals surface area contributed by atoms with Gasteiger partial charge in [-0.1, -0.05) is 0 Å². The van der Waals surface area contributed by atoms with Crippen LogP contribution in [-0.2, 0) is 11.3 Å². The molecule has 2 heterocycles. The lowest BCUT2D eigenvalue weighted by atomic mass is 10.2. The molecule has 1 aromatic heterocycles. The Bertz CT molecular complexity index is 439. The maximum atomic E-state index is 11.4. The first-order chi connectivity index (χ1) is 8.06. The lowest BCUT2D eigenvalue weighted by Gasteiger charge is -2.25. The number of rotatable bonds is 3. The molecule has 1 aliphatic rings. The van der Waals surface area contributed by atoms with Gasteiger partial charge >= 0.3 is 0 Å². The molecule has 4 N–H and O–H groups in total. The minimum Gasteiger partial charge on any atom is -0.394 e. The van der Waals surface area contributed by atoms with E-state index >= 15 is 0 Å². The van der Waals surface area contributed by atoms with Gasteiger partial charge in [-0.2, -0.15) is 5.10 Å². The van der Waals surface area contributed by atoms with Crippen LogP contribution in [0.2, 0.25) is 0 Å². The molecule has 0 bridgehead atoms. The summed E-state index contributed by atoms with van der Waals surface area (Å²) in [5, 5.41) is 4.36. The lowest BCUT2D eigenvalue weighted by molar-refractivity contribution is -0.119. The molecule has 1 saturated heterocycles. The third-order valence-electron chi connectivity index (χ3n) is 3.30. The van der Waals surface area contributed by atoms with E-state index in [-0.39, 0.29) is 11.9 Å². The van der Waals surface area contributed by atoms with Crippen molar-refractivity contribution in [3.8, 4) is 0 Å². The Kier molecular flexibility index (Phi) is 2.95. The summed E-state index contributed by atoms with van der Waals surface area (Å²) in [5.41, 5.74) is 12.9. The minimum atomic E-state index is -0.289. The summed E-state index contributed by atoms with van der Waals surface area (Å²) in [7, 11) is 0. The molecule has 1 aliphatic heterocycles. The zero-order chi connectivity index (χ0) is 12.6. The van der Waals surface area contributed by atoms with Crippen LogP contribution in [0.1, 0.15) is 25.5 Å². The molecule has 1 amide bonds. The van der Waals surface area contributed by atoms with E-state index in [1.807, 2.05) is 23.4 Å². The Balaban J connectivity index is 2.42. The number of primary amides is 1. The quantitative estimate of drug-likeness (QED) is 0.788. The minimum absolute atomic E-state index is 0.251. The van der Waals surface area contributed by atoms with Gasteiger partial charge in [0.25, 0.3) is 0 Å². The van der Waals surface area contributed by atoms with Crippen molar-refractivity contribution < 1.29 is 4.79 Å². The second kappa shape index (κ2) is 4.27. The summed E-state index contributed by atoms with van der Waals surface area (Å²) in [6.07, 6.45) is 1.75. The van der Waals surface area contributed by atoms with Crippen molar-refractivity contribution in [2.75, 3.05) is 17.2 Å². The largest absolute Gasteiger partial charge is 0.394 e. The number of anilines is 2. The van der Waals surface area contributed by atoms with Crippen molar-refractivity contribution in [1.29, 1.82) is 0 Å².